The highest BCUT2D eigenvalue weighted by molar-refractivity contribution is 8.00. The number of methoxy groups -OCH3 is 1. The van der Waals surface area contributed by atoms with E-state index in [9.17, 15) is 9.59 Å². The van der Waals surface area contributed by atoms with Crippen LogP contribution in [-0.4, -0.2) is 50.4 Å². The van der Waals surface area contributed by atoms with E-state index in [0.29, 0.717) is 30.1 Å². The van der Waals surface area contributed by atoms with Gasteiger partial charge in [-0.25, -0.2) is 0 Å². The zero-order chi connectivity index (χ0) is 49.4. The predicted octanol–water partition coefficient (Wildman–Crippen LogP) is 14.4. The number of esters is 2. The third kappa shape index (κ3) is 9.47. The molecule has 0 saturated heterocycles. The zero-order valence-electron chi connectivity index (χ0n) is 42.3. The number of carbonyl (C=O) groups is 2. The van der Waals surface area contributed by atoms with Crippen molar-refractivity contribution in [3.05, 3.63) is 131 Å². The normalized spacial score (nSPS) is 20.2. The maximum Gasteiger partial charge on any atom is 0.311 e. The lowest BCUT2D eigenvalue weighted by molar-refractivity contribution is -0.148. The van der Waals surface area contributed by atoms with Gasteiger partial charge >= 0.3 is 11.9 Å². The van der Waals surface area contributed by atoms with Gasteiger partial charge in [0.15, 0.2) is 10.5 Å². The topological polar surface area (TPSA) is 98.8 Å². The average Bonchev–Trinajstić information content (AvgIpc) is 3.96. The van der Waals surface area contributed by atoms with E-state index in [1.165, 1.54) is 60.8 Å². The molecule has 1 fully saturated rings. The molecule has 0 bridgehead atoms. The SMILES string of the molecule is CCCCCCOCC1C=C1OC(=O)CCC(=O)OCCOc1ccc(C2(c3ccc(OC)cc3)C=Cc3c4c(c5cc6c(cc5c3O2)SC(C)(C)O6)-c2ccccc2C42CCC(CC)(CC)CC2)cc1. The number of hydrogen-bond donors (Lipinski definition) is 0. The van der Waals surface area contributed by atoms with Gasteiger partial charge in [-0.3, -0.25) is 9.59 Å². The highest BCUT2D eigenvalue weighted by Gasteiger charge is 2.52. The molecule has 5 aromatic carbocycles. The first-order valence-corrected chi connectivity index (χ1v) is 26.8. The second-order valence-corrected chi connectivity index (χ2v) is 22.2. The zero-order valence-corrected chi connectivity index (χ0v) is 43.1. The molecule has 372 valence electrons. The minimum absolute atomic E-state index is 0.0416. The van der Waals surface area contributed by atoms with Crippen LogP contribution in [-0.2, 0) is 34.8 Å². The lowest BCUT2D eigenvalue weighted by atomic mass is 9.58. The summed E-state index contributed by atoms with van der Waals surface area (Å²) in [5.74, 6) is 2.91. The first kappa shape index (κ1) is 48.9. The van der Waals surface area contributed by atoms with Gasteiger partial charge in [-0.15, -0.1) is 0 Å². The molecule has 0 N–H and O–H groups in total. The molecule has 1 saturated carbocycles. The van der Waals surface area contributed by atoms with Gasteiger partial charge in [-0.1, -0.05) is 119 Å². The lowest BCUT2D eigenvalue weighted by Gasteiger charge is -2.47. The van der Waals surface area contributed by atoms with Gasteiger partial charge in [-0.2, -0.15) is 0 Å². The van der Waals surface area contributed by atoms with E-state index in [-0.39, 0.29) is 37.4 Å². The van der Waals surface area contributed by atoms with Crippen molar-refractivity contribution < 1.29 is 42.7 Å². The fourth-order valence-corrected chi connectivity index (χ4v) is 12.7. The highest BCUT2D eigenvalue weighted by atomic mass is 32.2. The second-order valence-electron chi connectivity index (χ2n) is 20.6. The molecule has 0 amide bonds. The summed E-state index contributed by atoms with van der Waals surface area (Å²) in [4.78, 5) is 25.7. The summed E-state index contributed by atoms with van der Waals surface area (Å²) in [5.41, 5.74) is 7.68. The number of ether oxygens (including phenoxy) is 7. The Morgan fingerprint density at radius 3 is 2.20 bits per heavy atom. The minimum Gasteiger partial charge on any atom is -0.497 e. The number of rotatable bonds is 20. The lowest BCUT2D eigenvalue weighted by Crippen LogP contribution is -2.38. The van der Waals surface area contributed by atoms with Crippen LogP contribution in [0.2, 0.25) is 0 Å². The number of hydrogen-bond acceptors (Lipinski definition) is 10. The molecule has 2 heterocycles. The maximum absolute atomic E-state index is 12.6. The Hall–Kier alpha value is -5.71. The van der Waals surface area contributed by atoms with Crippen molar-refractivity contribution >= 4 is 40.5 Å². The fraction of sp³-hybridized carbons (Fsp3) is 0.443. The van der Waals surface area contributed by atoms with E-state index in [0.717, 1.165) is 75.3 Å². The van der Waals surface area contributed by atoms with Crippen LogP contribution in [0, 0.1) is 11.3 Å². The van der Waals surface area contributed by atoms with E-state index >= 15 is 0 Å². The molecule has 5 aromatic rings. The summed E-state index contributed by atoms with van der Waals surface area (Å²) in [6, 6.07) is 29.9. The Morgan fingerprint density at radius 2 is 1.48 bits per heavy atom. The molecule has 9 nitrogen and oxygen atoms in total. The van der Waals surface area contributed by atoms with Crippen molar-refractivity contribution in [2.24, 2.45) is 11.3 Å². The largest absolute Gasteiger partial charge is 0.497 e. The van der Waals surface area contributed by atoms with Crippen LogP contribution in [0.1, 0.15) is 139 Å². The Labute approximate surface area is 423 Å². The van der Waals surface area contributed by atoms with Crippen LogP contribution in [0.3, 0.4) is 0 Å². The van der Waals surface area contributed by atoms with Crippen LogP contribution >= 0.6 is 11.8 Å². The molecule has 2 unspecified atom stereocenters. The van der Waals surface area contributed by atoms with Crippen molar-refractivity contribution in [2.75, 3.05) is 33.5 Å². The number of fused-ring (bicyclic) bond motifs is 11. The Morgan fingerprint density at radius 1 is 0.761 bits per heavy atom. The Bertz CT molecular complexity index is 2850. The number of unbranched alkanes of at least 4 members (excludes halogenated alkanes) is 3. The molecule has 0 aromatic heterocycles. The van der Waals surface area contributed by atoms with Gasteiger partial charge in [0, 0.05) is 34.1 Å². The van der Waals surface area contributed by atoms with Crippen molar-refractivity contribution in [3.8, 4) is 34.1 Å². The van der Waals surface area contributed by atoms with Gasteiger partial charge in [0.1, 0.15) is 42.0 Å². The molecular formula is C61H68O9S. The first-order chi connectivity index (χ1) is 34.4. The molecule has 10 rings (SSSR count). The van der Waals surface area contributed by atoms with Crippen LogP contribution in [0.5, 0.6) is 23.0 Å². The number of benzene rings is 5. The van der Waals surface area contributed by atoms with Crippen LogP contribution in [0.25, 0.3) is 28.0 Å². The monoisotopic (exact) mass is 976 g/mol. The third-order valence-corrected chi connectivity index (χ3v) is 17.0. The van der Waals surface area contributed by atoms with E-state index in [4.69, 9.17) is 33.2 Å². The van der Waals surface area contributed by atoms with Gasteiger partial charge in [-0.05, 0) is 128 Å². The molecule has 71 heavy (non-hydrogen) atoms. The third-order valence-electron chi connectivity index (χ3n) is 15.9. The number of carbonyl (C=O) groups excluding carboxylic acids is 2. The van der Waals surface area contributed by atoms with Crippen molar-refractivity contribution in [1.29, 1.82) is 0 Å². The molecule has 2 atom stereocenters. The quantitative estimate of drug-likeness (QED) is 0.0554. The second kappa shape index (κ2) is 20.1. The summed E-state index contributed by atoms with van der Waals surface area (Å²) in [5, 5.41) is 2.23. The maximum atomic E-state index is 12.6. The molecular weight excluding hydrogens is 909 g/mol. The Balaban J connectivity index is 0.893. The smallest absolute Gasteiger partial charge is 0.311 e. The molecule has 10 heteroatoms. The molecule has 1 spiro atoms. The first-order valence-electron chi connectivity index (χ1n) is 26.0. The van der Waals surface area contributed by atoms with Crippen molar-refractivity contribution in [3.63, 3.8) is 0 Å². The van der Waals surface area contributed by atoms with Gasteiger partial charge in [0.05, 0.1) is 37.4 Å². The van der Waals surface area contributed by atoms with Gasteiger partial charge in [0.2, 0.25) is 0 Å². The summed E-state index contributed by atoms with van der Waals surface area (Å²) < 4.78 is 42.7. The van der Waals surface area contributed by atoms with Gasteiger partial charge in [0.25, 0.3) is 0 Å². The van der Waals surface area contributed by atoms with Crippen LogP contribution in [0.15, 0.2) is 108 Å². The number of thioether (sulfide) groups is 1. The van der Waals surface area contributed by atoms with Crippen LogP contribution < -0.4 is 18.9 Å². The summed E-state index contributed by atoms with van der Waals surface area (Å²) >= 11 is 1.75. The fourth-order valence-electron chi connectivity index (χ4n) is 11.7. The van der Waals surface area contributed by atoms with Crippen molar-refractivity contribution in [2.45, 2.75) is 133 Å². The summed E-state index contributed by atoms with van der Waals surface area (Å²) in [7, 11) is 1.68. The molecule has 3 aliphatic carbocycles. The van der Waals surface area contributed by atoms with E-state index in [1.54, 1.807) is 18.9 Å². The molecule has 2 aliphatic heterocycles. The predicted molar refractivity (Wildman–Crippen MR) is 280 cm³/mol. The average molecular weight is 977 g/mol. The summed E-state index contributed by atoms with van der Waals surface area (Å²) in [6.07, 6.45) is 17.9. The summed E-state index contributed by atoms with van der Waals surface area (Å²) in [6.45, 7) is 12.6. The molecule has 5 aliphatic rings. The minimum atomic E-state index is -1.01. The van der Waals surface area contributed by atoms with Gasteiger partial charge < -0.3 is 33.2 Å². The van der Waals surface area contributed by atoms with E-state index in [2.05, 4.69) is 107 Å². The van der Waals surface area contributed by atoms with E-state index < -0.39 is 22.5 Å². The highest BCUT2D eigenvalue weighted by Crippen LogP contribution is 2.65. The van der Waals surface area contributed by atoms with Crippen LogP contribution in [0.4, 0.5) is 0 Å². The van der Waals surface area contributed by atoms with E-state index in [1.807, 2.05) is 30.3 Å². The Kier molecular flexibility index (Phi) is 13.8. The molecule has 0 radical (unpaired) electrons. The standard InChI is InChI=1S/C61H68O9S/c1-7-10-11-14-33-65-39-40-36-50(40)68-54(63)26-25-53(62)67-35-34-66-44-23-19-42(20-24-44)61(41-17-21-43(64-6)22-18-41)28-27-46-56-55(47-37-51-52(71-58(4,5)69-51)38-48(47)57(46)70-61)45-15-12-13-16-49(45)60(56)31-29-59(8-2,9-3)30-32-60/h12-13,15-24,27-28,36-38,40H,7-11,14,25-26,29-35,39H2,1-6H3. The van der Waals surface area contributed by atoms with Crippen molar-refractivity contribution in [1.82, 2.24) is 0 Å².